The summed E-state index contributed by atoms with van der Waals surface area (Å²) in [7, 11) is -4.12. The van der Waals surface area contributed by atoms with E-state index in [0.717, 1.165) is 29.7 Å². The van der Waals surface area contributed by atoms with Crippen LogP contribution in [0.15, 0.2) is 52.9 Å². The van der Waals surface area contributed by atoms with Crippen molar-refractivity contribution in [3.63, 3.8) is 0 Å². The third-order valence-corrected chi connectivity index (χ3v) is 5.93. The molecule has 0 saturated heterocycles. The maximum Gasteiger partial charge on any atom is 0.273 e. The van der Waals surface area contributed by atoms with Crippen molar-refractivity contribution in [1.82, 2.24) is 4.98 Å². The third-order valence-electron chi connectivity index (χ3n) is 3.07. The lowest BCUT2D eigenvalue weighted by Gasteiger charge is -2.08. The first-order valence-corrected chi connectivity index (χ1v) is 8.89. The highest BCUT2D eigenvalue weighted by Gasteiger charge is 2.22. The molecule has 2 N–H and O–H groups in total. The zero-order valence-electron chi connectivity index (χ0n) is 11.9. The number of hydrogen-bond acceptors (Lipinski definition) is 5. The van der Waals surface area contributed by atoms with Crippen molar-refractivity contribution in [3.8, 4) is 16.3 Å². The summed E-state index contributed by atoms with van der Waals surface area (Å²) in [5, 5.41) is 9.96. The van der Waals surface area contributed by atoms with E-state index in [-0.39, 0.29) is 4.21 Å². The largest absolute Gasteiger partial charge is 0.506 e. The van der Waals surface area contributed by atoms with E-state index in [0.29, 0.717) is 10.6 Å². The molecule has 0 bridgehead atoms. The number of benzene rings is 2. The van der Waals surface area contributed by atoms with Crippen molar-refractivity contribution in [1.29, 1.82) is 0 Å². The highest BCUT2D eigenvalue weighted by molar-refractivity contribution is 7.94. The van der Waals surface area contributed by atoms with E-state index in [9.17, 15) is 22.3 Å². The van der Waals surface area contributed by atoms with Gasteiger partial charge in [0.2, 0.25) is 0 Å². The van der Waals surface area contributed by atoms with Crippen LogP contribution in [0, 0.1) is 11.6 Å². The van der Waals surface area contributed by atoms with Crippen LogP contribution in [-0.2, 0) is 10.0 Å². The third kappa shape index (κ3) is 3.22. The normalized spacial score (nSPS) is 11.4. The Labute approximate surface area is 140 Å². The molecule has 3 aromatic rings. The molecule has 1 heterocycles. The molecule has 1 aromatic heterocycles. The Morgan fingerprint density at radius 2 is 1.79 bits per heavy atom. The topological polar surface area (TPSA) is 79.3 Å². The molecule has 0 atom stereocenters. The lowest BCUT2D eigenvalue weighted by molar-refractivity contribution is 0.472. The number of hydrogen-bond donors (Lipinski definition) is 2. The van der Waals surface area contributed by atoms with E-state index >= 15 is 0 Å². The van der Waals surface area contributed by atoms with Gasteiger partial charge in [0.15, 0.2) is 10.0 Å². The van der Waals surface area contributed by atoms with Crippen LogP contribution in [0.3, 0.4) is 0 Å². The number of halogens is 2. The summed E-state index contributed by atoms with van der Waals surface area (Å²) in [5.74, 6) is -1.84. The molecule has 9 heteroatoms. The minimum absolute atomic E-state index is 0.163. The highest BCUT2D eigenvalue weighted by Crippen LogP contribution is 2.32. The van der Waals surface area contributed by atoms with Crippen molar-refractivity contribution in [3.05, 3.63) is 60.3 Å². The molecule has 0 aliphatic heterocycles. The number of nitrogens with one attached hydrogen (secondary N) is 1. The van der Waals surface area contributed by atoms with Gasteiger partial charge in [-0.05, 0) is 36.4 Å². The second-order valence-corrected chi connectivity index (χ2v) is 7.67. The number of rotatable bonds is 4. The van der Waals surface area contributed by atoms with Crippen molar-refractivity contribution in [2.45, 2.75) is 4.21 Å². The van der Waals surface area contributed by atoms with Crippen molar-refractivity contribution in [2.75, 3.05) is 4.72 Å². The number of aromatic hydroxyl groups is 1. The van der Waals surface area contributed by atoms with Crippen LogP contribution in [-0.4, -0.2) is 18.5 Å². The van der Waals surface area contributed by atoms with E-state index in [1.807, 2.05) is 4.72 Å². The van der Waals surface area contributed by atoms with E-state index in [2.05, 4.69) is 4.98 Å². The van der Waals surface area contributed by atoms with Crippen LogP contribution < -0.4 is 4.72 Å². The average molecular weight is 368 g/mol. The van der Waals surface area contributed by atoms with Crippen molar-refractivity contribution < 1.29 is 22.3 Å². The second-order valence-electron chi connectivity index (χ2n) is 4.73. The van der Waals surface area contributed by atoms with Crippen LogP contribution >= 0.6 is 11.3 Å². The number of aromatic nitrogens is 1. The first kappa shape index (κ1) is 16.3. The zero-order chi connectivity index (χ0) is 17.3. The minimum Gasteiger partial charge on any atom is -0.506 e. The molecule has 0 aliphatic carbocycles. The van der Waals surface area contributed by atoms with E-state index in [4.69, 9.17) is 0 Å². The fourth-order valence-corrected chi connectivity index (χ4v) is 4.13. The van der Waals surface area contributed by atoms with Gasteiger partial charge in [-0.3, -0.25) is 4.72 Å². The fourth-order valence-electron chi connectivity index (χ4n) is 1.91. The van der Waals surface area contributed by atoms with Crippen molar-refractivity contribution >= 4 is 27.0 Å². The Bertz CT molecular complexity index is 966. The molecule has 0 aliphatic rings. The summed E-state index contributed by atoms with van der Waals surface area (Å²) in [6, 6.07) is 8.86. The molecule has 5 nitrogen and oxygen atoms in total. The van der Waals surface area contributed by atoms with Gasteiger partial charge in [-0.15, -0.1) is 11.3 Å². The summed E-state index contributed by atoms with van der Waals surface area (Å²) in [6.07, 6.45) is 1.11. The maximum atomic E-state index is 13.7. The second kappa shape index (κ2) is 6.17. The van der Waals surface area contributed by atoms with Gasteiger partial charge in [0.25, 0.3) is 10.0 Å². The van der Waals surface area contributed by atoms with Gasteiger partial charge in [0.05, 0.1) is 6.20 Å². The quantitative estimate of drug-likeness (QED) is 0.690. The summed E-state index contributed by atoms with van der Waals surface area (Å²) >= 11 is 0.842. The molecule has 0 spiro atoms. The lowest BCUT2D eigenvalue weighted by Crippen LogP contribution is -2.12. The standard InChI is InChI=1S/C15H10F2N2O3S2/c16-10-6-4-9(5-7-10)15-18-8-13(23-15)24(21,22)19-14-11(17)2-1-3-12(14)20/h1-8,19-20H. The van der Waals surface area contributed by atoms with Crippen LogP contribution in [0.25, 0.3) is 10.6 Å². The molecule has 0 amide bonds. The van der Waals surface area contributed by atoms with Gasteiger partial charge in [0.1, 0.15) is 22.3 Å². The number of phenols is 1. The lowest BCUT2D eigenvalue weighted by atomic mass is 10.2. The molecular formula is C15H10F2N2O3S2. The van der Waals surface area contributed by atoms with Gasteiger partial charge >= 0.3 is 0 Å². The number of nitrogens with zero attached hydrogens (tertiary/aromatic N) is 1. The minimum atomic E-state index is -4.12. The zero-order valence-corrected chi connectivity index (χ0v) is 13.5. The summed E-state index contributed by atoms with van der Waals surface area (Å²) in [4.78, 5) is 3.99. The predicted octanol–water partition coefficient (Wildman–Crippen LogP) is 3.59. The Kier molecular flexibility index (Phi) is 4.20. The van der Waals surface area contributed by atoms with Crippen molar-refractivity contribution in [2.24, 2.45) is 0 Å². The van der Waals surface area contributed by atoms with Gasteiger partial charge in [-0.1, -0.05) is 6.07 Å². The summed E-state index contributed by atoms with van der Waals surface area (Å²) < 4.78 is 53.1. The smallest absolute Gasteiger partial charge is 0.273 e. The number of thiazole rings is 1. The number of phenolic OH excluding ortho intramolecular Hbond substituents is 1. The molecular weight excluding hydrogens is 358 g/mol. The van der Waals surface area contributed by atoms with E-state index in [1.165, 1.54) is 30.3 Å². The number of para-hydroxylation sites is 1. The van der Waals surface area contributed by atoms with Crippen LogP contribution in [0.1, 0.15) is 0 Å². The number of anilines is 1. The summed E-state index contributed by atoms with van der Waals surface area (Å²) in [6.45, 7) is 0. The molecule has 0 saturated carbocycles. The Morgan fingerprint density at radius 1 is 1.08 bits per heavy atom. The Balaban J connectivity index is 1.92. The van der Waals surface area contributed by atoms with Crippen LogP contribution in [0.2, 0.25) is 0 Å². The predicted molar refractivity (Wildman–Crippen MR) is 86.4 cm³/mol. The van der Waals surface area contributed by atoms with Crippen LogP contribution in [0.5, 0.6) is 5.75 Å². The van der Waals surface area contributed by atoms with E-state index in [1.54, 1.807) is 0 Å². The van der Waals surface area contributed by atoms with Gasteiger partial charge < -0.3 is 5.11 Å². The molecule has 0 fully saturated rings. The Morgan fingerprint density at radius 3 is 2.46 bits per heavy atom. The molecule has 24 heavy (non-hydrogen) atoms. The maximum absolute atomic E-state index is 13.7. The number of sulfonamides is 1. The first-order chi connectivity index (χ1) is 11.4. The Hall–Kier alpha value is -2.52. The molecule has 2 aromatic carbocycles. The van der Waals surface area contributed by atoms with E-state index < -0.39 is 33.1 Å². The SMILES string of the molecule is O=S(=O)(Nc1c(O)cccc1F)c1cnc(-c2ccc(F)cc2)s1. The van der Waals surface area contributed by atoms with Crippen LogP contribution in [0.4, 0.5) is 14.5 Å². The fraction of sp³-hybridized carbons (Fsp3) is 0. The molecule has 0 unspecified atom stereocenters. The molecule has 124 valence electrons. The van der Waals surface area contributed by atoms with Gasteiger partial charge in [-0.25, -0.2) is 22.2 Å². The monoisotopic (exact) mass is 368 g/mol. The molecule has 0 radical (unpaired) electrons. The van der Waals surface area contributed by atoms with Gasteiger partial charge in [-0.2, -0.15) is 0 Å². The highest BCUT2D eigenvalue weighted by atomic mass is 32.2. The molecule has 3 rings (SSSR count). The van der Waals surface area contributed by atoms with Gasteiger partial charge in [0, 0.05) is 5.56 Å². The first-order valence-electron chi connectivity index (χ1n) is 6.59. The summed E-state index contributed by atoms with van der Waals surface area (Å²) in [5.41, 5.74) is 0.0193. The average Bonchev–Trinajstić information content (AvgIpc) is 3.03.